The number of guanidine groups is 1. The van der Waals surface area contributed by atoms with Crippen LogP contribution in [0.15, 0.2) is 23.3 Å². The molecule has 1 aromatic heterocycles. The first-order valence-corrected chi connectivity index (χ1v) is 11.0. The molecule has 1 amide bonds. The monoisotopic (exact) mass is 401 g/mol. The van der Waals surface area contributed by atoms with Gasteiger partial charge in [0, 0.05) is 50.4 Å². The fourth-order valence-corrected chi connectivity index (χ4v) is 4.14. The Morgan fingerprint density at radius 1 is 1.31 bits per heavy atom. The van der Waals surface area contributed by atoms with E-state index in [2.05, 4.69) is 27.5 Å². The number of ether oxygens (including phenoxy) is 1. The number of nitrogens with one attached hydrogen (secondary N) is 2. The number of rotatable bonds is 7. The molecule has 3 rings (SSSR count). The van der Waals surface area contributed by atoms with Crippen molar-refractivity contribution in [3.8, 4) is 5.88 Å². The van der Waals surface area contributed by atoms with Crippen molar-refractivity contribution >= 4 is 11.9 Å². The molecular formula is C22H35N5O2. The third-order valence-corrected chi connectivity index (χ3v) is 5.76. The summed E-state index contributed by atoms with van der Waals surface area (Å²) in [4.78, 5) is 23.5. The minimum Gasteiger partial charge on any atom is -0.477 e. The highest BCUT2D eigenvalue weighted by atomic mass is 16.5. The van der Waals surface area contributed by atoms with E-state index in [0.717, 1.165) is 50.3 Å². The van der Waals surface area contributed by atoms with E-state index in [1.54, 1.807) is 13.2 Å². The van der Waals surface area contributed by atoms with Gasteiger partial charge in [-0.15, -0.1) is 0 Å². The maximum absolute atomic E-state index is 12.8. The van der Waals surface area contributed by atoms with Crippen molar-refractivity contribution in [2.45, 2.75) is 64.5 Å². The van der Waals surface area contributed by atoms with E-state index in [1.807, 2.05) is 17.0 Å². The van der Waals surface area contributed by atoms with Crippen LogP contribution in [0.4, 0.5) is 0 Å². The van der Waals surface area contributed by atoms with Crippen molar-refractivity contribution in [2.24, 2.45) is 10.9 Å². The maximum atomic E-state index is 12.8. The fourth-order valence-electron chi connectivity index (χ4n) is 4.14. The highest BCUT2D eigenvalue weighted by molar-refractivity contribution is 5.81. The van der Waals surface area contributed by atoms with E-state index >= 15 is 0 Å². The SMILES string of the molecule is CCCOc1ncccc1CNC(=NC)NC1CCN(C(=O)C2CCCCC2)C1. The van der Waals surface area contributed by atoms with Crippen LogP contribution in [0.1, 0.15) is 57.4 Å². The normalized spacial score (nSPS) is 20.6. The highest BCUT2D eigenvalue weighted by Crippen LogP contribution is 2.26. The van der Waals surface area contributed by atoms with E-state index < -0.39 is 0 Å². The van der Waals surface area contributed by atoms with E-state index in [0.29, 0.717) is 24.9 Å². The molecule has 2 N–H and O–H groups in total. The molecule has 1 atom stereocenters. The highest BCUT2D eigenvalue weighted by Gasteiger charge is 2.31. The van der Waals surface area contributed by atoms with Crippen molar-refractivity contribution < 1.29 is 9.53 Å². The molecule has 7 heteroatoms. The fraction of sp³-hybridized carbons (Fsp3) is 0.682. The topological polar surface area (TPSA) is 78.8 Å². The molecule has 1 saturated heterocycles. The van der Waals surface area contributed by atoms with Gasteiger partial charge >= 0.3 is 0 Å². The molecule has 29 heavy (non-hydrogen) atoms. The minimum absolute atomic E-state index is 0.235. The first-order chi connectivity index (χ1) is 14.2. The summed E-state index contributed by atoms with van der Waals surface area (Å²) in [7, 11) is 1.77. The van der Waals surface area contributed by atoms with Gasteiger partial charge < -0.3 is 20.3 Å². The number of hydrogen-bond acceptors (Lipinski definition) is 4. The molecule has 1 aromatic rings. The van der Waals surface area contributed by atoms with Gasteiger partial charge in [0.25, 0.3) is 0 Å². The second kappa shape index (κ2) is 11.0. The Labute approximate surface area is 174 Å². The largest absolute Gasteiger partial charge is 0.477 e. The number of aromatic nitrogens is 1. The van der Waals surface area contributed by atoms with Crippen LogP contribution in [0.3, 0.4) is 0 Å². The summed E-state index contributed by atoms with van der Waals surface area (Å²) in [6.07, 6.45) is 9.44. The van der Waals surface area contributed by atoms with E-state index in [9.17, 15) is 4.79 Å². The Hall–Kier alpha value is -2.31. The maximum Gasteiger partial charge on any atom is 0.225 e. The summed E-state index contributed by atoms with van der Waals surface area (Å²) < 4.78 is 5.73. The van der Waals surface area contributed by atoms with Gasteiger partial charge in [-0.3, -0.25) is 9.79 Å². The number of carbonyl (C=O) groups excluding carboxylic acids is 1. The summed E-state index contributed by atoms with van der Waals surface area (Å²) >= 11 is 0. The minimum atomic E-state index is 0.235. The molecule has 0 spiro atoms. The van der Waals surface area contributed by atoms with Crippen LogP contribution in [-0.4, -0.2) is 54.5 Å². The van der Waals surface area contributed by atoms with Gasteiger partial charge in [0.15, 0.2) is 5.96 Å². The molecule has 1 aliphatic carbocycles. The van der Waals surface area contributed by atoms with Gasteiger partial charge in [0.05, 0.1) is 6.61 Å². The molecule has 2 fully saturated rings. The van der Waals surface area contributed by atoms with Crippen molar-refractivity contribution in [1.29, 1.82) is 0 Å². The van der Waals surface area contributed by atoms with Crippen molar-refractivity contribution in [1.82, 2.24) is 20.5 Å². The number of nitrogens with zero attached hydrogens (tertiary/aromatic N) is 3. The van der Waals surface area contributed by atoms with Crippen LogP contribution < -0.4 is 15.4 Å². The average Bonchev–Trinajstić information content (AvgIpc) is 3.24. The number of hydrogen-bond donors (Lipinski definition) is 2. The quantitative estimate of drug-likeness (QED) is 0.543. The van der Waals surface area contributed by atoms with Crippen LogP contribution in [-0.2, 0) is 11.3 Å². The van der Waals surface area contributed by atoms with Gasteiger partial charge in [-0.05, 0) is 31.7 Å². The molecule has 1 unspecified atom stereocenters. The standard InChI is InChI=1S/C22H35N5O2/c1-3-14-29-20-18(10-7-12-24-20)15-25-22(23-2)26-19-11-13-27(16-19)21(28)17-8-5-4-6-9-17/h7,10,12,17,19H,3-6,8-9,11,13-16H2,1-2H3,(H2,23,25,26). The Morgan fingerprint density at radius 3 is 2.90 bits per heavy atom. The summed E-state index contributed by atoms with van der Waals surface area (Å²) in [6, 6.07) is 4.16. The van der Waals surface area contributed by atoms with Crippen LogP contribution in [0.5, 0.6) is 5.88 Å². The summed E-state index contributed by atoms with van der Waals surface area (Å²) in [5.74, 6) is 2.01. The summed E-state index contributed by atoms with van der Waals surface area (Å²) in [6.45, 7) is 4.92. The first-order valence-electron chi connectivity index (χ1n) is 11.0. The molecule has 7 nitrogen and oxygen atoms in total. The van der Waals surface area contributed by atoms with E-state index in [1.165, 1.54) is 19.3 Å². The van der Waals surface area contributed by atoms with Gasteiger partial charge in [-0.1, -0.05) is 32.3 Å². The van der Waals surface area contributed by atoms with Crippen molar-refractivity contribution in [2.75, 3.05) is 26.7 Å². The zero-order valence-electron chi connectivity index (χ0n) is 17.8. The predicted octanol–water partition coefficient (Wildman–Crippen LogP) is 2.72. The molecule has 0 aromatic carbocycles. The van der Waals surface area contributed by atoms with Crippen LogP contribution in [0.2, 0.25) is 0 Å². The van der Waals surface area contributed by atoms with Gasteiger partial charge in [0.1, 0.15) is 0 Å². The molecular weight excluding hydrogens is 366 g/mol. The van der Waals surface area contributed by atoms with Gasteiger partial charge in [0.2, 0.25) is 11.8 Å². The predicted molar refractivity (Wildman–Crippen MR) is 115 cm³/mol. The summed E-state index contributed by atoms with van der Waals surface area (Å²) in [5.41, 5.74) is 1.00. The number of likely N-dealkylation sites (tertiary alicyclic amines) is 1. The number of pyridine rings is 1. The third-order valence-electron chi connectivity index (χ3n) is 5.76. The van der Waals surface area contributed by atoms with Crippen LogP contribution in [0, 0.1) is 5.92 Å². The van der Waals surface area contributed by atoms with E-state index in [-0.39, 0.29) is 12.0 Å². The Morgan fingerprint density at radius 2 is 2.14 bits per heavy atom. The lowest BCUT2D eigenvalue weighted by Gasteiger charge is -2.26. The lowest BCUT2D eigenvalue weighted by molar-refractivity contribution is -0.135. The lowest BCUT2D eigenvalue weighted by Crippen LogP contribution is -2.45. The molecule has 1 aliphatic heterocycles. The third kappa shape index (κ3) is 6.08. The Balaban J connectivity index is 1.48. The summed E-state index contributed by atoms with van der Waals surface area (Å²) in [5, 5.41) is 6.82. The van der Waals surface area contributed by atoms with E-state index in [4.69, 9.17) is 4.74 Å². The second-order valence-corrected chi connectivity index (χ2v) is 7.99. The smallest absolute Gasteiger partial charge is 0.225 e. The molecule has 160 valence electrons. The number of carbonyl (C=O) groups is 1. The van der Waals surface area contributed by atoms with Gasteiger partial charge in [-0.2, -0.15) is 0 Å². The Bertz CT molecular complexity index is 688. The van der Waals surface area contributed by atoms with Crippen LogP contribution >= 0.6 is 0 Å². The molecule has 2 heterocycles. The molecule has 2 aliphatic rings. The van der Waals surface area contributed by atoms with Crippen molar-refractivity contribution in [3.05, 3.63) is 23.9 Å². The Kier molecular flexibility index (Phi) is 8.14. The average molecular weight is 402 g/mol. The van der Waals surface area contributed by atoms with Gasteiger partial charge in [-0.25, -0.2) is 4.98 Å². The number of amides is 1. The first kappa shape index (κ1) is 21.4. The zero-order valence-corrected chi connectivity index (χ0v) is 17.8. The zero-order chi connectivity index (χ0) is 20.5. The second-order valence-electron chi connectivity index (χ2n) is 7.99. The van der Waals surface area contributed by atoms with Crippen LogP contribution in [0.25, 0.3) is 0 Å². The number of aliphatic imine (C=N–C) groups is 1. The van der Waals surface area contributed by atoms with Crippen molar-refractivity contribution in [3.63, 3.8) is 0 Å². The molecule has 1 saturated carbocycles. The lowest BCUT2D eigenvalue weighted by atomic mass is 9.88. The molecule has 0 bridgehead atoms. The molecule has 0 radical (unpaired) electrons.